The number of hydrogen-bond acceptors (Lipinski definition) is 4. The number of carbonyl (C=O) groups excluding carboxylic acids is 1. The maximum Gasteiger partial charge on any atom is 0.413 e. The van der Waals surface area contributed by atoms with Crippen molar-refractivity contribution in [1.29, 1.82) is 0 Å². The number of ether oxygens (including phenoxy) is 1. The van der Waals surface area contributed by atoms with Crippen molar-refractivity contribution in [2.24, 2.45) is 0 Å². The summed E-state index contributed by atoms with van der Waals surface area (Å²) in [6, 6.07) is 11.0. The van der Waals surface area contributed by atoms with E-state index in [1.54, 1.807) is 6.07 Å². The maximum absolute atomic E-state index is 11.5. The molecular formula is C12H10BrN3O2. The molecular weight excluding hydrogens is 298 g/mol. The Labute approximate surface area is 112 Å². The highest BCUT2D eigenvalue weighted by Gasteiger charge is 2.05. The third kappa shape index (κ3) is 3.81. The number of anilines is 1. The average molecular weight is 308 g/mol. The Balaban J connectivity index is 1.86. The Morgan fingerprint density at radius 2 is 2.06 bits per heavy atom. The van der Waals surface area contributed by atoms with E-state index < -0.39 is 6.09 Å². The average Bonchev–Trinajstić information content (AvgIpc) is 2.38. The predicted molar refractivity (Wildman–Crippen MR) is 70.0 cm³/mol. The van der Waals surface area contributed by atoms with Gasteiger partial charge in [-0.1, -0.05) is 30.3 Å². The number of aromatic nitrogens is 2. The summed E-state index contributed by atoms with van der Waals surface area (Å²) in [6.45, 7) is 0.221. The third-order valence-corrected chi connectivity index (χ3v) is 2.51. The second-order valence-corrected chi connectivity index (χ2v) is 4.23. The Morgan fingerprint density at radius 1 is 1.28 bits per heavy atom. The molecule has 2 rings (SSSR count). The van der Waals surface area contributed by atoms with Crippen LogP contribution >= 0.6 is 15.9 Å². The van der Waals surface area contributed by atoms with Gasteiger partial charge in [-0.15, -0.1) is 0 Å². The lowest BCUT2D eigenvalue weighted by molar-refractivity contribution is 0.155. The molecule has 0 atom stereocenters. The van der Waals surface area contributed by atoms with Gasteiger partial charge in [0.05, 0.1) is 0 Å². The van der Waals surface area contributed by atoms with Gasteiger partial charge in [-0.25, -0.2) is 14.8 Å². The second kappa shape index (κ2) is 6.11. The molecule has 5 nitrogen and oxygen atoms in total. The molecule has 0 bridgehead atoms. The van der Waals surface area contributed by atoms with Gasteiger partial charge < -0.3 is 4.74 Å². The van der Waals surface area contributed by atoms with Crippen LogP contribution in [0, 0.1) is 0 Å². The van der Waals surface area contributed by atoms with Crippen molar-refractivity contribution < 1.29 is 9.53 Å². The van der Waals surface area contributed by atoms with Crippen LogP contribution in [-0.4, -0.2) is 16.1 Å². The predicted octanol–water partition coefficient (Wildman–Crippen LogP) is 2.99. The molecule has 0 aliphatic rings. The first kappa shape index (κ1) is 12.5. The molecule has 1 heterocycles. The summed E-state index contributed by atoms with van der Waals surface area (Å²) < 4.78 is 5.64. The van der Waals surface area contributed by atoms with Gasteiger partial charge in [0.15, 0.2) is 0 Å². The van der Waals surface area contributed by atoms with Crippen molar-refractivity contribution in [2.75, 3.05) is 5.32 Å². The fraction of sp³-hybridized carbons (Fsp3) is 0.0833. The molecule has 1 aromatic carbocycles. The van der Waals surface area contributed by atoms with Gasteiger partial charge in [0.1, 0.15) is 23.4 Å². The molecule has 0 spiro atoms. The van der Waals surface area contributed by atoms with E-state index in [9.17, 15) is 4.79 Å². The van der Waals surface area contributed by atoms with Gasteiger partial charge in [0, 0.05) is 6.07 Å². The smallest absolute Gasteiger partial charge is 0.413 e. The number of nitrogens with zero attached hydrogens (tertiary/aromatic N) is 2. The molecule has 6 heteroatoms. The Bertz CT molecular complexity index is 534. The molecule has 0 saturated heterocycles. The molecule has 0 unspecified atom stereocenters. The van der Waals surface area contributed by atoms with Crippen LogP contribution in [0.3, 0.4) is 0 Å². The van der Waals surface area contributed by atoms with Crippen molar-refractivity contribution in [3.63, 3.8) is 0 Å². The minimum atomic E-state index is -0.551. The highest BCUT2D eigenvalue weighted by molar-refractivity contribution is 9.10. The number of halogens is 1. The molecule has 92 valence electrons. The second-order valence-electron chi connectivity index (χ2n) is 3.41. The SMILES string of the molecule is O=C(Nc1cc(Br)ncn1)OCc1ccccc1. The maximum atomic E-state index is 11.5. The van der Waals surface area contributed by atoms with Gasteiger partial charge in [0.2, 0.25) is 0 Å². The van der Waals surface area contributed by atoms with E-state index in [-0.39, 0.29) is 6.61 Å². The largest absolute Gasteiger partial charge is 0.444 e. The van der Waals surface area contributed by atoms with Crippen molar-refractivity contribution in [2.45, 2.75) is 6.61 Å². The van der Waals surface area contributed by atoms with Gasteiger partial charge >= 0.3 is 6.09 Å². The summed E-state index contributed by atoms with van der Waals surface area (Å²) >= 11 is 3.18. The lowest BCUT2D eigenvalue weighted by Gasteiger charge is -2.06. The van der Waals surface area contributed by atoms with Crippen LogP contribution in [0.25, 0.3) is 0 Å². The molecule has 0 aliphatic carbocycles. The van der Waals surface area contributed by atoms with Crippen LogP contribution in [0.2, 0.25) is 0 Å². The molecule has 1 amide bonds. The van der Waals surface area contributed by atoms with Gasteiger partial charge in [-0.2, -0.15) is 0 Å². The number of nitrogens with one attached hydrogen (secondary N) is 1. The van der Waals surface area contributed by atoms with Crippen molar-refractivity contribution in [3.8, 4) is 0 Å². The zero-order valence-corrected chi connectivity index (χ0v) is 10.9. The Hall–Kier alpha value is -1.95. The molecule has 2 aromatic rings. The highest BCUT2D eigenvalue weighted by atomic mass is 79.9. The lowest BCUT2D eigenvalue weighted by Crippen LogP contribution is -2.14. The lowest BCUT2D eigenvalue weighted by atomic mass is 10.2. The Kier molecular flexibility index (Phi) is 4.25. The van der Waals surface area contributed by atoms with Crippen LogP contribution in [0.4, 0.5) is 10.6 Å². The topological polar surface area (TPSA) is 64.1 Å². The fourth-order valence-electron chi connectivity index (χ4n) is 1.27. The summed E-state index contributed by atoms with van der Waals surface area (Å²) in [4.78, 5) is 19.2. The normalized spacial score (nSPS) is 9.83. The quantitative estimate of drug-likeness (QED) is 0.885. The first-order valence-corrected chi connectivity index (χ1v) is 5.98. The highest BCUT2D eigenvalue weighted by Crippen LogP contribution is 2.10. The van der Waals surface area contributed by atoms with Crippen LogP contribution in [0.15, 0.2) is 47.3 Å². The summed E-state index contributed by atoms with van der Waals surface area (Å²) in [5.74, 6) is 0.384. The summed E-state index contributed by atoms with van der Waals surface area (Å²) in [5.41, 5.74) is 0.927. The van der Waals surface area contributed by atoms with Crippen LogP contribution in [0.1, 0.15) is 5.56 Å². The monoisotopic (exact) mass is 307 g/mol. The van der Waals surface area contributed by atoms with E-state index in [1.807, 2.05) is 30.3 Å². The molecule has 1 aromatic heterocycles. The van der Waals surface area contributed by atoms with E-state index in [2.05, 4.69) is 31.2 Å². The molecule has 0 aliphatic heterocycles. The number of benzene rings is 1. The van der Waals surface area contributed by atoms with E-state index in [4.69, 9.17) is 4.74 Å². The minimum absolute atomic E-state index is 0.221. The van der Waals surface area contributed by atoms with Crippen molar-refractivity contribution >= 4 is 27.8 Å². The van der Waals surface area contributed by atoms with Crippen molar-refractivity contribution in [3.05, 3.63) is 52.9 Å². The first-order valence-electron chi connectivity index (χ1n) is 5.19. The van der Waals surface area contributed by atoms with Gasteiger partial charge in [0.25, 0.3) is 0 Å². The zero-order chi connectivity index (χ0) is 12.8. The summed E-state index contributed by atoms with van der Waals surface area (Å²) in [6.07, 6.45) is 0.793. The molecule has 0 radical (unpaired) electrons. The van der Waals surface area contributed by atoms with E-state index in [0.29, 0.717) is 10.4 Å². The molecule has 18 heavy (non-hydrogen) atoms. The van der Waals surface area contributed by atoms with E-state index in [1.165, 1.54) is 6.33 Å². The molecule has 0 fully saturated rings. The number of hydrogen-bond donors (Lipinski definition) is 1. The van der Waals surface area contributed by atoms with Crippen LogP contribution in [-0.2, 0) is 11.3 Å². The molecule has 0 saturated carbocycles. The number of amides is 1. The van der Waals surface area contributed by atoms with Gasteiger partial charge in [-0.3, -0.25) is 5.32 Å². The standard InChI is InChI=1S/C12H10BrN3O2/c13-10-6-11(15-8-14-10)16-12(17)18-7-9-4-2-1-3-5-9/h1-6,8H,7H2,(H,14,15,16,17). The Morgan fingerprint density at radius 3 is 2.78 bits per heavy atom. The van der Waals surface area contributed by atoms with Crippen LogP contribution < -0.4 is 5.32 Å². The van der Waals surface area contributed by atoms with Gasteiger partial charge in [-0.05, 0) is 21.5 Å². The summed E-state index contributed by atoms with van der Waals surface area (Å²) in [7, 11) is 0. The van der Waals surface area contributed by atoms with Crippen molar-refractivity contribution in [1.82, 2.24) is 9.97 Å². The van der Waals surface area contributed by atoms with Crippen LogP contribution in [0.5, 0.6) is 0 Å². The number of rotatable bonds is 3. The fourth-order valence-corrected chi connectivity index (χ4v) is 1.57. The van der Waals surface area contributed by atoms with E-state index >= 15 is 0 Å². The molecule has 1 N–H and O–H groups in total. The van der Waals surface area contributed by atoms with E-state index in [0.717, 1.165) is 5.56 Å². The minimum Gasteiger partial charge on any atom is -0.444 e. The number of carbonyl (C=O) groups is 1. The third-order valence-electron chi connectivity index (χ3n) is 2.08. The zero-order valence-electron chi connectivity index (χ0n) is 9.34. The first-order chi connectivity index (χ1) is 8.74. The summed E-state index contributed by atoms with van der Waals surface area (Å²) in [5, 5.41) is 2.51.